The number of nitrogens with zero attached hydrogens (tertiary/aromatic N) is 3. The van der Waals surface area contributed by atoms with E-state index in [0.29, 0.717) is 25.7 Å². The number of hydrogen-bond acceptors (Lipinski definition) is 5. The predicted molar refractivity (Wildman–Crippen MR) is 232 cm³/mol. The zero-order valence-corrected chi connectivity index (χ0v) is 34.0. The fourth-order valence-electron chi connectivity index (χ4n) is 7.66. The molecule has 2 unspecified atom stereocenters. The van der Waals surface area contributed by atoms with Crippen LogP contribution < -0.4 is 5.32 Å². The summed E-state index contributed by atoms with van der Waals surface area (Å²) in [6.07, 6.45) is 1.30. The highest BCUT2D eigenvalue weighted by atomic mass is 35.5. The minimum absolute atomic E-state index is 0.169. The van der Waals surface area contributed by atoms with Crippen LogP contribution in [0.4, 0.5) is 0 Å². The minimum Gasteiger partial charge on any atom is -0.308 e. The van der Waals surface area contributed by atoms with Gasteiger partial charge in [-0.05, 0) is 45.5 Å². The molecule has 0 bridgehead atoms. The SMILES string of the molecule is CS(=O)(=O)N1CCN(Cc2ccc(-c3ccccc3Cl)cc2)CC1c1ccccc1.Clc1ccccc1-c1ccc(CN2CCNC(c3ccccc3)C2)cc1. The van der Waals surface area contributed by atoms with Crippen LogP contribution in [-0.2, 0) is 23.1 Å². The third-order valence-corrected chi connectivity index (χ3v) is 12.5. The molecule has 0 spiro atoms. The van der Waals surface area contributed by atoms with E-state index in [0.717, 1.165) is 65.0 Å². The zero-order valence-electron chi connectivity index (χ0n) is 31.6. The second-order valence-corrected chi connectivity index (χ2v) is 17.3. The molecule has 0 radical (unpaired) electrons. The lowest BCUT2D eigenvalue weighted by molar-refractivity contribution is 0.130. The number of benzene rings is 6. The van der Waals surface area contributed by atoms with Gasteiger partial charge in [0.1, 0.15) is 0 Å². The maximum atomic E-state index is 12.3. The van der Waals surface area contributed by atoms with Crippen molar-refractivity contribution in [1.29, 1.82) is 0 Å². The molecular weight excluding hydrogens is 756 g/mol. The summed E-state index contributed by atoms with van der Waals surface area (Å²) in [6.45, 7) is 6.78. The Hall–Kier alpha value is -4.31. The van der Waals surface area contributed by atoms with Gasteiger partial charge in [0.05, 0.1) is 12.3 Å². The number of hydrogen-bond donors (Lipinski definition) is 1. The van der Waals surface area contributed by atoms with E-state index in [1.807, 2.05) is 72.8 Å². The van der Waals surface area contributed by atoms with Crippen LogP contribution in [0, 0.1) is 0 Å². The van der Waals surface area contributed by atoms with Gasteiger partial charge in [-0.1, -0.05) is 169 Å². The summed E-state index contributed by atoms with van der Waals surface area (Å²) in [5.41, 5.74) is 9.31. The van der Waals surface area contributed by atoms with Crippen molar-refractivity contribution in [2.75, 3.05) is 45.5 Å². The fraction of sp³-hybridized carbons (Fsp3) is 0.234. The number of rotatable bonds is 9. The van der Waals surface area contributed by atoms with Crippen LogP contribution in [0.2, 0.25) is 10.0 Å². The molecule has 288 valence electrons. The van der Waals surface area contributed by atoms with Gasteiger partial charge in [0.2, 0.25) is 10.0 Å². The molecule has 6 aromatic carbocycles. The highest BCUT2D eigenvalue weighted by molar-refractivity contribution is 7.88. The summed E-state index contributed by atoms with van der Waals surface area (Å²) >= 11 is 12.6. The van der Waals surface area contributed by atoms with Crippen LogP contribution >= 0.6 is 23.2 Å². The summed E-state index contributed by atoms with van der Waals surface area (Å²) in [7, 11) is -3.27. The van der Waals surface area contributed by atoms with Crippen molar-refractivity contribution in [2.45, 2.75) is 25.2 Å². The molecule has 1 N–H and O–H groups in total. The first kappa shape index (κ1) is 39.9. The lowest BCUT2D eigenvalue weighted by atomic mass is 10.0. The quantitative estimate of drug-likeness (QED) is 0.158. The van der Waals surface area contributed by atoms with Crippen LogP contribution in [0.5, 0.6) is 0 Å². The Kier molecular flexibility index (Phi) is 13.4. The van der Waals surface area contributed by atoms with E-state index >= 15 is 0 Å². The van der Waals surface area contributed by atoms with Gasteiger partial charge in [0.25, 0.3) is 0 Å². The molecule has 6 aromatic rings. The third-order valence-electron chi connectivity index (χ3n) is 10.6. The Morgan fingerprint density at radius 3 is 1.52 bits per heavy atom. The Balaban J connectivity index is 0.000000173. The van der Waals surface area contributed by atoms with Crippen LogP contribution in [0.25, 0.3) is 22.3 Å². The van der Waals surface area contributed by atoms with Crippen molar-refractivity contribution in [1.82, 2.24) is 19.4 Å². The van der Waals surface area contributed by atoms with Gasteiger partial charge in [-0.2, -0.15) is 4.31 Å². The Bertz CT molecular complexity index is 2270. The molecule has 8 rings (SSSR count). The molecule has 2 heterocycles. The second-order valence-electron chi connectivity index (χ2n) is 14.5. The van der Waals surface area contributed by atoms with Crippen LogP contribution in [0.15, 0.2) is 158 Å². The van der Waals surface area contributed by atoms with Crippen LogP contribution in [0.1, 0.15) is 34.3 Å². The summed E-state index contributed by atoms with van der Waals surface area (Å²) in [5, 5.41) is 5.17. The summed E-state index contributed by atoms with van der Waals surface area (Å²) in [5.74, 6) is 0. The Labute approximate surface area is 342 Å². The van der Waals surface area contributed by atoms with E-state index in [9.17, 15) is 8.42 Å². The molecule has 56 heavy (non-hydrogen) atoms. The van der Waals surface area contributed by atoms with Gasteiger partial charge in [-0.3, -0.25) is 9.80 Å². The molecule has 0 aliphatic carbocycles. The monoisotopic (exact) mass is 802 g/mol. The first-order valence-corrected chi connectivity index (χ1v) is 21.7. The Morgan fingerprint density at radius 1 is 0.554 bits per heavy atom. The van der Waals surface area contributed by atoms with E-state index in [-0.39, 0.29) is 6.04 Å². The van der Waals surface area contributed by atoms with Gasteiger partial charge < -0.3 is 5.32 Å². The molecule has 0 aromatic heterocycles. The lowest BCUT2D eigenvalue weighted by Gasteiger charge is -2.40. The first-order valence-electron chi connectivity index (χ1n) is 19.1. The molecule has 2 aliphatic rings. The number of nitrogens with one attached hydrogen (secondary N) is 1. The smallest absolute Gasteiger partial charge is 0.211 e. The number of halogens is 2. The number of sulfonamides is 1. The van der Waals surface area contributed by atoms with E-state index < -0.39 is 10.0 Å². The molecule has 2 aliphatic heterocycles. The maximum Gasteiger partial charge on any atom is 0.211 e. The average molecular weight is 804 g/mol. The molecule has 9 heteroatoms. The molecular formula is C47H48Cl2N4O2S. The van der Waals surface area contributed by atoms with Gasteiger partial charge >= 0.3 is 0 Å². The van der Waals surface area contributed by atoms with Crippen molar-refractivity contribution in [3.8, 4) is 22.3 Å². The largest absolute Gasteiger partial charge is 0.308 e. The second kappa shape index (κ2) is 18.8. The van der Waals surface area contributed by atoms with E-state index in [1.165, 1.54) is 28.5 Å². The highest BCUT2D eigenvalue weighted by Crippen LogP contribution is 2.31. The topological polar surface area (TPSA) is 55.9 Å². The normalized spacial score (nSPS) is 18.2. The average Bonchev–Trinajstić information content (AvgIpc) is 3.23. The van der Waals surface area contributed by atoms with Crippen molar-refractivity contribution >= 4 is 33.2 Å². The molecule has 2 atom stereocenters. The van der Waals surface area contributed by atoms with Crippen LogP contribution in [-0.4, -0.2) is 68.0 Å². The van der Waals surface area contributed by atoms with Gasteiger partial charge in [-0.25, -0.2) is 8.42 Å². The highest BCUT2D eigenvalue weighted by Gasteiger charge is 2.33. The van der Waals surface area contributed by atoms with Crippen molar-refractivity contribution in [2.24, 2.45) is 0 Å². The van der Waals surface area contributed by atoms with Gasteiger partial charge in [0.15, 0.2) is 0 Å². The Morgan fingerprint density at radius 2 is 1.02 bits per heavy atom. The van der Waals surface area contributed by atoms with Crippen molar-refractivity contribution in [3.63, 3.8) is 0 Å². The van der Waals surface area contributed by atoms with E-state index in [1.54, 1.807) is 4.31 Å². The summed E-state index contributed by atoms with van der Waals surface area (Å²) in [4.78, 5) is 4.85. The third kappa shape index (κ3) is 10.3. The minimum atomic E-state index is -3.27. The number of piperazine rings is 2. The van der Waals surface area contributed by atoms with E-state index in [2.05, 4.69) is 100 Å². The summed E-state index contributed by atoms with van der Waals surface area (Å²) < 4.78 is 26.3. The first-order chi connectivity index (χ1) is 27.2. The van der Waals surface area contributed by atoms with Crippen molar-refractivity contribution < 1.29 is 8.42 Å². The fourth-order valence-corrected chi connectivity index (χ4v) is 9.21. The van der Waals surface area contributed by atoms with Crippen molar-refractivity contribution in [3.05, 3.63) is 190 Å². The van der Waals surface area contributed by atoms with Crippen LogP contribution in [0.3, 0.4) is 0 Å². The molecule has 6 nitrogen and oxygen atoms in total. The zero-order chi connectivity index (χ0) is 38.9. The predicted octanol–water partition coefficient (Wildman–Crippen LogP) is 9.98. The van der Waals surface area contributed by atoms with Gasteiger partial charge in [-0.15, -0.1) is 0 Å². The molecule has 2 fully saturated rings. The molecule has 0 amide bonds. The maximum absolute atomic E-state index is 12.3. The standard InChI is InChI=1S/C24H25ClN2O2S.C23H23ClN2/c1-30(28,29)27-16-15-26(18-24(27)21-7-3-2-4-8-21)17-19-11-13-20(14-12-19)22-9-5-6-10-23(22)25;24-22-9-5-4-8-21(22)19-12-10-18(11-13-19)16-26-15-14-25-23(17-26)20-6-2-1-3-7-20/h2-14,24H,15-18H2,1H3;1-13,23,25H,14-17H2. The summed E-state index contributed by atoms with van der Waals surface area (Å²) in [6, 6.07) is 53.9. The molecule has 2 saturated heterocycles. The molecule has 0 saturated carbocycles. The van der Waals surface area contributed by atoms with E-state index in [4.69, 9.17) is 23.2 Å². The lowest BCUT2D eigenvalue weighted by Crippen LogP contribution is -2.49. The van der Waals surface area contributed by atoms with Gasteiger partial charge in [0, 0.05) is 79.6 Å².